The molecule has 112 valence electrons. The van der Waals surface area contributed by atoms with E-state index in [1.54, 1.807) is 24.3 Å². The number of carbonyl (C=O) groups excluding carboxylic acids is 1. The Morgan fingerprint density at radius 1 is 1.25 bits per heavy atom. The first-order valence-corrected chi connectivity index (χ1v) is 7.11. The molecule has 0 aliphatic rings. The first-order chi connectivity index (χ1) is 9.65. The molecule has 0 saturated heterocycles. The topological polar surface area (TPSA) is 67.6 Å². The molecule has 0 saturated carbocycles. The normalized spacial score (nSPS) is 10.8. The summed E-state index contributed by atoms with van der Waals surface area (Å²) >= 11 is 0. The van der Waals surface area contributed by atoms with E-state index in [1.807, 2.05) is 6.92 Å². The molecule has 1 aromatic carbocycles. The van der Waals surface area contributed by atoms with Crippen LogP contribution in [0.15, 0.2) is 24.3 Å². The molecular weight excluding hydrogens is 254 g/mol. The predicted molar refractivity (Wildman–Crippen MR) is 82.7 cm³/mol. The van der Waals surface area contributed by atoms with Gasteiger partial charge in [0.2, 0.25) is 5.91 Å². The maximum Gasteiger partial charge on any atom is 0.225 e. The molecular formula is C15H25N3O2. The maximum absolute atomic E-state index is 11.8. The van der Waals surface area contributed by atoms with Gasteiger partial charge in [-0.1, -0.05) is 6.92 Å². The number of nitrogens with one attached hydrogen (secondary N) is 1. The summed E-state index contributed by atoms with van der Waals surface area (Å²) in [5.74, 6) is 0.0182. The number of carbonyl (C=O) groups is 1. The minimum Gasteiger partial charge on any atom is -0.399 e. The Kier molecular flexibility index (Phi) is 7.69. The average molecular weight is 279 g/mol. The summed E-state index contributed by atoms with van der Waals surface area (Å²) in [4.78, 5) is 14.1. The Balaban J connectivity index is 2.28. The first-order valence-electron chi connectivity index (χ1n) is 7.11. The number of ether oxygens (including phenoxy) is 1. The number of hydrogen-bond donors (Lipinski definition) is 2. The standard InChI is InChI=1S/C15H25N3O2/c1-3-18(11-12-20-4-2)10-9-15(19)17-14-7-5-13(16)6-8-14/h5-8H,3-4,9-12,16H2,1-2H3,(H,17,19). The van der Waals surface area contributed by atoms with Crippen molar-refractivity contribution in [2.24, 2.45) is 0 Å². The predicted octanol–water partition coefficient (Wildman–Crippen LogP) is 1.96. The number of nitrogens with zero attached hydrogens (tertiary/aromatic N) is 1. The Labute approximate surface area is 121 Å². The van der Waals surface area contributed by atoms with E-state index in [2.05, 4.69) is 17.1 Å². The van der Waals surface area contributed by atoms with Gasteiger partial charge in [-0.15, -0.1) is 0 Å². The molecule has 0 aromatic heterocycles. The highest BCUT2D eigenvalue weighted by Crippen LogP contribution is 2.10. The van der Waals surface area contributed by atoms with Crippen LogP contribution in [-0.4, -0.2) is 43.7 Å². The van der Waals surface area contributed by atoms with Gasteiger partial charge in [-0.05, 0) is 37.7 Å². The van der Waals surface area contributed by atoms with Gasteiger partial charge < -0.3 is 20.7 Å². The summed E-state index contributed by atoms with van der Waals surface area (Å²) in [7, 11) is 0. The third-order valence-corrected chi connectivity index (χ3v) is 3.05. The van der Waals surface area contributed by atoms with E-state index in [0.717, 1.165) is 31.9 Å². The fourth-order valence-corrected chi connectivity index (χ4v) is 1.82. The second-order valence-corrected chi connectivity index (χ2v) is 4.55. The summed E-state index contributed by atoms with van der Waals surface area (Å²) in [5.41, 5.74) is 7.07. The lowest BCUT2D eigenvalue weighted by atomic mass is 10.2. The highest BCUT2D eigenvalue weighted by atomic mass is 16.5. The van der Waals surface area contributed by atoms with Crippen LogP contribution < -0.4 is 11.1 Å². The van der Waals surface area contributed by atoms with Gasteiger partial charge >= 0.3 is 0 Å². The number of amides is 1. The first kappa shape index (κ1) is 16.5. The third kappa shape index (κ3) is 6.54. The number of anilines is 2. The van der Waals surface area contributed by atoms with Crippen molar-refractivity contribution >= 4 is 17.3 Å². The molecule has 20 heavy (non-hydrogen) atoms. The van der Waals surface area contributed by atoms with Gasteiger partial charge in [-0.3, -0.25) is 4.79 Å². The van der Waals surface area contributed by atoms with Crippen LogP contribution in [0.1, 0.15) is 20.3 Å². The van der Waals surface area contributed by atoms with Crippen LogP contribution in [0.4, 0.5) is 11.4 Å². The van der Waals surface area contributed by atoms with Crippen LogP contribution >= 0.6 is 0 Å². The minimum absolute atomic E-state index is 0.0182. The van der Waals surface area contributed by atoms with Gasteiger partial charge in [-0.2, -0.15) is 0 Å². The molecule has 0 fully saturated rings. The van der Waals surface area contributed by atoms with Crippen LogP contribution in [-0.2, 0) is 9.53 Å². The summed E-state index contributed by atoms with van der Waals surface area (Å²) in [6.07, 6.45) is 0.477. The molecule has 1 aromatic rings. The van der Waals surface area contributed by atoms with Crippen molar-refractivity contribution in [3.63, 3.8) is 0 Å². The molecule has 0 aliphatic carbocycles. The number of nitrogens with two attached hydrogens (primary N) is 1. The lowest BCUT2D eigenvalue weighted by Crippen LogP contribution is -2.30. The second-order valence-electron chi connectivity index (χ2n) is 4.55. The lowest BCUT2D eigenvalue weighted by Gasteiger charge is -2.19. The number of nitrogen functional groups attached to an aromatic ring is 1. The molecule has 3 N–H and O–H groups in total. The van der Waals surface area contributed by atoms with Crippen molar-refractivity contribution < 1.29 is 9.53 Å². The van der Waals surface area contributed by atoms with Gasteiger partial charge in [0.05, 0.1) is 6.61 Å². The van der Waals surface area contributed by atoms with Crippen LogP contribution in [0.25, 0.3) is 0 Å². The third-order valence-electron chi connectivity index (χ3n) is 3.05. The lowest BCUT2D eigenvalue weighted by molar-refractivity contribution is -0.116. The molecule has 5 heteroatoms. The SMILES string of the molecule is CCOCCN(CC)CCC(=O)Nc1ccc(N)cc1. The van der Waals surface area contributed by atoms with Gasteiger partial charge in [-0.25, -0.2) is 0 Å². The Hall–Kier alpha value is -1.59. The molecule has 0 radical (unpaired) electrons. The highest BCUT2D eigenvalue weighted by Gasteiger charge is 2.07. The zero-order chi connectivity index (χ0) is 14.8. The fourth-order valence-electron chi connectivity index (χ4n) is 1.82. The van der Waals surface area contributed by atoms with Crippen molar-refractivity contribution in [3.8, 4) is 0 Å². The van der Waals surface area contributed by atoms with E-state index in [9.17, 15) is 4.79 Å². The molecule has 0 bridgehead atoms. The van der Waals surface area contributed by atoms with E-state index in [4.69, 9.17) is 10.5 Å². The Bertz CT molecular complexity index is 393. The van der Waals surface area contributed by atoms with Crippen molar-refractivity contribution in [1.29, 1.82) is 0 Å². The van der Waals surface area contributed by atoms with Crippen LogP contribution in [0.2, 0.25) is 0 Å². The monoisotopic (exact) mass is 279 g/mol. The summed E-state index contributed by atoms with van der Waals surface area (Å²) in [6.45, 7) is 8.03. The minimum atomic E-state index is 0.0182. The van der Waals surface area contributed by atoms with Gasteiger partial charge in [0.25, 0.3) is 0 Å². The Morgan fingerprint density at radius 3 is 2.55 bits per heavy atom. The van der Waals surface area contributed by atoms with Crippen molar-refractivity contribution in [2.45, 2.75) is 20.3 Å². The van der Waals surface area contributed by atoms with E-state index in [1.165, 1.54) is 0 Å². The highest BCUT2D eigenvalue weighted by molar-refractivity contribution is 5.90. The van der Waals surface area contributed by atoms with Gasteiger partial charge in [0, 0.05) is 37.5 Å². The molecule has 1 rings (SSSR count). The van der Waals surface area contributed by atoms with E-state index >= 15 is 0 Å². The van der Waals surface area contributed by atoms with Crippen LogP contribution in [0.5, 0.6) is 0 Å². The number of benzene rings is 1. The molecule has 0 unspecified atom stereocenters. The zero-order valence-corrected chi connectivity index (χ0v) is 12.4. The maximum atomic E-state index is 11.8. The second kappa shape index (κ2) is 9.34. The molecule has 5 nitrogen and oxygen atoms in total. The van der Waals surface area contributed by atoms with Crippen LogP contribution in [0.3, 0.4) is 0 Å². The molecule has 0 atom stereocenters. The van der Waals surface area contributed by atoms with Gasteiger partial charge in [0.1, 0.15) is 0 Å². The van der Waals surface area contributed by atoms with E-state index in [0.29, 0.717) is 18.7 Å². The van der Waals surface area contributed by atoms with Crippen molar-refractivity contribution in [2.75, 3.05) is 43.9 Å². The van der Waals surface area contributed by atoms with E-state index < -0.39 is 0 Å². The van der Waals surface area contributed by atoms with Crippen LogP contribution in [0, 0.1) is 0 Å². The number of hydrogen-bond acceptors (Lipinski definition) is 4. The number of likely N-dealkylation sites (N-methyl/N-ethyl adjacent to an activating group) is 1. The molecule has 0 heterocycles. The Morgan fingerprint density at radius 2 is 1.95 bits per heavy atom. The van der Waals surface area contributed by atoms with E-state index in [-0.39, 0.29) is 5.91 Å². The summed E-state index contributed by atoms with van der Waals surface area (Å²) < 4.78 is 5.33. The quantitative estimate of drug-likeness (QED) is 0.535. The average Bonchev–Trinajstić information content (AvgIpc) is 2.45. The number of rotatable bonds is 9. The van der Waals surface area contributed by atoms with Gasteiger partial charge in [0.15, 0.2) is 0 Å². The summed E-state index contributed by atoms with van der Waals surface area (Å²) in [6, 6.07) is 7.16. The summed E-state index contributed by atoms with van der Waals surface area (Å²) in [5, 5.41) is 2.86. The molecule has 0 aliphatic heterocycles. The van der Waals surface area contributed by atoms with Crippen molar-refractivity contribution in [1.82, 2.24) is 4.90 Å². The molecule has 1 amide bonds. The molecule has 0 spiro atoms. The van der Waals surface area contributed by atoms with Crippen molar-refractivity contribution in [3.05, 3.63) is 24.3 Å². The smallest absolute Gasteiger partial charge is 0.225 e. The fraction of sp³-hybridized carbons (Fsp3) is 0.533. The zero-order valence-electron chi connectivity index (χ0n) is 12.4. The largest absolute Gasteiger partial charge is 0.399 e.